The second kappa shape index (κ2) is 17.4. The summed E-state index contributed by atoms with van der Waals surface area (Å²) < 4.78 is 0. The normalized spacial score (nSPS) is 3.60. The summed E-state index contributed by atoms with van der Waals surface area (Å²) in [7, 11) is 8.29. The molecular formula is CH3CoMoS2. The van der Waals surface area contributed by atoms with Gasteiger partial charge in [0, 0.05) is 0 Å². The van der Waals surface area contributed by atoms with E-state index in [0.29, 0.717) is 0 Å². The Bertz CT molecular complexity index is 23.6. The summed E-state index contributed by atoms with van der Waals surface area (Å²) in [5, 5.41) is 2.07. The Hall–Kier alpha value is 1.63. The van der Waals surface area contributed by atoms with Crippen LogP contribution in [0.1, 0.15) is 0 Å². The Morgan fingerprint density at radius 1 is 1.60 bits per heavy atom. The molecule has 0 amide bonds. The molecule has 0 rings (SSSR count). The molecule has 0 aromatic rings. The van der Waals surface area contributed by atoms with Gasteiger partial charge in [-0.2, -0.15) is 0 Å². The van der Waals surface area contributed by atoms with Crippen molar-refractivity contribution in [3.05, 3.63) is 0 Å². The van der Waals surface area contributed by atoms with Crippen molar-refractivity contribution in [1.29, 1.82) is 0 Å². The SMILES string of the molecule is [CH3][Mo]=[S].[S]=[Co]. The molecule has 0 saturated carbocycles. The molecular weight excluding hydrogens is 231 g/mol. The minimum atomic E-state index is 0.0533. The molecule has 0 unspecified atom stereocenters. The molecule has 0 radical (unpaired) electrons. The molecule has 0 aliphatic rings. The van der Waals surface area contributed by atoms with Gasteiger partial charge in [0.15, 0.2) is 0 Å². The second-order valence-corrected chi connectivity index (χ2v) is 2.96. The van der Waals surface area contributed by atoms with E-state index in [9.17, 15) is 0 Å². The zero-order valence-corrected chi connectivity index (χ0v) is 7.24. The monoisotopic (exact) mass is 236 g/mol. The van der Waals surface area contributed by atoms with Crippen LogP contribution in [0.3, 0.4) is 0 Å². The molecule has 0 bridgehead atoms. The van der Waals surface area contributed by atoms with Gasteiger partial charge in [0.25, 0.3) is 0 Å². The van der Waals surface area contributed by atoms with Gasteiger partial charge in [0.05, 0.1) is 0 Å². The fraction of sp³-hybridized carbons (Fsp3) is 1.00. The van der Waals surface area contributed by atoms with Crippen LogP contribution in [-0.4, -0.2) is 0 Å². The summed E-state index contributed by atoms with van der Waals surface area (Å²) in [6, 6.07) is 0. The van der Waals surface area contributed by atoms with Crippen LogP contribution in [0.5, 0.6) is 0 Å². The molecule has 0 aliphatic carbocycles. The molecule has 0 heterocycles. The van der Waals surface area contributed by atoms with Crippen LogP contribution >= 0.6 is 20.4 Å². The Balaban J connectivity index is 0. The van der Waals surface area contributed by atoms with E-state index in [-0.39, 0.29) is 16.7 Å². The third-order valence-electron chi connectivity index (χ3n) is 0. The van der Waals surface area contributed by atoms with Crippen LogP contribution in [0, 0.1) is 0 Å². The molecule has 0 fully saturated rings. The summed E-state index contributed by atoms with van der Waals surface area (Å²) in [5.41, 5.74) is 0. The Labute approximate surface area is 56.2 Å². The average molecular weight is 234 g/mol. The van der Waals surface area contributed by atoms with E-state index in [4.69, 9.17) is 0 Å². The molecule has 0 nitrogen and oxygen atoms in total. The van der Waals surface area contributed by atoms with Gasteiger partial charge in [-0.3, -0.25) is 0 Å². The van der Waals surface area contributed by atoms with Gasteiger partial charge in [-0.15, -0.1) is 0 Å². The summed E-state index contributed by atoms with van der Waals surface area (Å²) in [5.74, 6) is 0. The van der Waals surface area contributed by atoms with Gasteiger partial charge >= 0.3 is 56.6 Å². The summed E-state index contributed by atoms with van der Waals surface area (Å²) >= 11 is 3.20. The second-order valence-electron chi connectivity index (χ2n) is 0.167. The molecule has 0 aliphatic heterocycles. The fourth-order valence-electron chi connectivity index (χ4n) is 0. The maximum atomic E-state index is 4.52. The third-order valence-corrected chi connectivity index (χ3v) is 0. The standard InChI is InChI=1S/CH3.Co.Mo.2S/h1H3;;;;. The van der Waals surface area contributed by atoms with E-state index in [0.717, 1.165) is 0 Å². The van der Waals surface area contributed by atoms with E-state index >= 15 is 0 Å². The minimum absolute atomic E-state index is 0.0533. The first kappa shape index (κ1) is 9.81. The van der Waals surface area contributed by atoms with Gasteiger partial charge in [-0.1, -0.05) is 0 Å². The van der Waals surface area contributed by atoms with Gasteiger partial charge in [0.2, 0.25) is 0 Å². The molecule has 0 aromatic heterocycles. The van der Waals surface area contributed by atoms with Crippen LogP contribution in [0.25, 0.3) is 0 Å². The predicted molar refractivity (Wildman–Crippen MR) is 21.0 cm³/mol. The third kappa shape index (κ3) is 27.9. The molecule has 0 spiro atoms. The van der Waals surface area contributed by atoms with Crippen molar-refractivity contribution in [1.82, 2.24) is 0 Å². The Morgan fingerprint density at radius 3 is 1.60 bits per heavy atom. The van der Waals surface area contributed by atoms with Crippen LogP contribution in [-0.2, 0) is 30.9 Å². The van der Waals surface area contributed by atoms with Crippen molar-refractivity contribution in [2.75, 3.05) is 0 Å². The van der Waals surface area contributed by atoms with Crippen molar-refractivity contribution in [2.45, 2.75) is 5.31 Å². The van der Waals surface area contributed by atoms with Crippen molar-refractivity contribution in [3.63, 3.8) is 0 Å². The number of hydrogen-bond donors (Lipinski definition) is 0. The summed E-state index contributed by atoms with van der Waals surface area (Å²) in [6.07, 6.45) is 0. The van der Waals surface area contributed by atoms with Crippen LogP contribution in [0.2, 0.25) is 5.31 Å². The van der Waals surface area contributed by atoms with Crippen LogP contribution in [0.4, 0.5) is 0 Å². The summed E-state index contributed by atoms with van der Waals surface area (Å²) in [4.78, 5) is 0. The molecule has 0 aromatic carbocycles. The predicted octanol–water partition coefficient (Wildman–Crippen LogP) is 1.88. The number of rotatable bonds is 0. The Kier molecular flexibility index (Phi) is 34.2. The van der Waals surface area contributed by atoms with Gasteiger partial charge in [-0.25, -0.2) is 0 Å². The van der Waals surface area contributed by atoms with Gasteiger partial charge < -0.3 is 0 Å². The molecule has 0 atom stereocenters. The molecule has 0 saturated heterocycles. The van der Waals surface area contributed by atoms with Gasteiger partial charge in [0.1, 0.15) is 0 Å². The molecule has 4 heteroatoms. The first-order chi connectivity index (χ1) is 2.41. The zero-order valence-electron chi connectivity index (χ0n) is 2.56. The molecule has 5 heavy (non-hydrogen) atoms. The van der Waals surface area contributed by atoms with Crippen molar-refractivity contribution in [2.24, 2.45) is 0 Å². The Morgan fingerprint density at radius 2 is 1.60 bits per heavy atom. The molecule has 0 N–H and O–H groups in total. The maximum absolute atomic E-state index is 4.52. The fourth-order valence-corrected chi connectivity index (χ4v) is 0. The molecule has 34 valence electrons. The van der Waals surface area contributed by atoms with E-state index in [1.165, 1.54) is 0 Å². The van der Waals surface area contributed by atoms with E-state index < -0.39 is 0 Å². The van der Waals surface area contributed by atoms with Crippen molar-refractivity contribution in [3.8, 4) is 0 Å². The van der Waals surface area contributed by atoms with Crippen molar-refractivity contribution >= 4 is 20.4 Å². The first-order valence-electron chi connectivity index (χ1n) is 0.711. The first-order valence-corrected chi connectivity index (χ1v) is 7.06. The van der Waals surface area contributed by atoms with Crippen LogP contribution < -0.4 is 0 Å². The average Bonchev–Trinajstić information content (AvgIpc) is 1.46. The van der Waals surface area contributed by atoms with E-state index in [2.05, 4.69) is 39.9 Å². The zero-order chi connectivity index (χ0) is 4.71. The quantitative estimate of drug-likeness (QED) is 0.587. The van der Waals surface area contributed by atoms with E-state index in [1.807, 2.05) is 0 Å². The van der Waals surface area contributed by atoms with Gasteiger partial charge in [-0.05, 0) is 0 Å². The number of hydrogen-bond acceptors (Lipinski definition) is 2. The van der Waals surface area contributed by atoms with Crippen molar-refractivity contribution < 1.29 is 30.9 Å². The summed E-state index contributed by atoms with van der Waals surface area (Å²) in [6.45, 7) is 0. The van der Waals surface area contributed by atoms with E-state index in [1.54, 1.807) is 0 Å². The van der Waals surface area contributed by atoms with Crippen LogP contribution in [0.15, 0.2) is 0 Å². The topological polar surface area (TPSA) is 0 Å².